The number of nitrogens with one attached hydrogen (secondary N) is 1. The minimum atomic E-state index is -0.301. The van der Waals surface area contributed by atoms with Crippen molar-refractivity contribution in [2.75, 3.05) is 0 Å². The van der Waals surface area contributed by atoms with Crippen molar-refractivity contribution in [1.29, 1.82) is 0 Å². The molecule has 0 aromatic heterocycles. The van der Waals surface area contributed by atoms with E-state index in [2.05, 4.69) is 5.32 Å². The highest BCUT2D eigenvalue weighted by molar-refractivity contribution is 6.35. The van der Waals surface area contributed by atoms with E-state index in [1.807, 2.05) is 13.8 Å². The molecule has 0 saturated heterocycles. The van der Waals surface area contributed by atoms with E-state index >= 15 is 0 Å². The van der Waals surface area contributed by atoms with Crippen LogP contribution < -0.4 is 10.1 Å². The first kappa shape index (κ1) is 16.1. The van der Waals surface area contributed by atoms with Gasteiger partial charge in [0.15, 0.2) is 0 Å². The fraction of sp³-hybridized carbons (Fsp3) is 0.250. The molecule has 0 unspecified atom stereocenters. The number of hydrogen-bond acceptors (Lipinski definition) is 2. The lowest BCUT2D eigenvalue weighted by Crippen LogP contribution is -2.22. The fourth-order valence-electron chi connectivity index (χ4n) is 1.78. The predicted octanol–water partition coefficient (Wildman–Crippen LogP) is 5.42. The lowest BCUT2D eigenvalue weighted by atomic mass is 10.2. The van der Waals surface area contributed by atoms with Gasteiger partial charge in [-0.1, -0.05) is 37.0 Å². The second kappa shape index (κ2) is 7.12. The standard InChI is InChI=1S/C16H16Cl2FNO/c1-10(2)20-9-11-7-13(19)4-6-15(11)21-16-5-3-12(17)8-14(16)18/h3-8,10,20H,9H2,1-2H3. The van der Waals surface area contributed by atoms with Crippen LogP contribution in [0.25, 0.3) is 0 Å². The molecular formula is C16H16Cl2FNO. The van der Waals surface area contributed by atoms with Crippen LogP contribution in [0.4, 0.5) is 4.39 Å². The summed E-state index contributed by atoms with van der Waals surface area (Å²) in [5, 5.41) is 4.19. The summed E-state index contributed by atoms with van der Waals surface area (Å²) in [6.45, 7) is 4.56. The maximum atomic E-state index is 13.4. The Morgan fingerprint density at radius 3 is 2.48 bits per heavy atom. The molecule has 5 heteroatoms. The Balaban J connectivity index is 2.26. The summed E-state index contributed by atoms with van der Waals surface area (Å²) < 4.78 is 19.2. The molecule has 0 radical (unpaired) electrons. The third kappa shape index (κ3) is 4.60. The van der Waals surface area contributed by atoms with Gasteiger partial charge >= 0.3 is 0 Å². The lowest BCUT2D eigenvalue weighted by Gasteiger charge is -2.14. The topological polar surface area (TPSA) is 21.3 Å². The maximum Gasteiger partial charge on any atom is 0.146 e. The molecule has 0 aliphatic carbocycles. The molecule has 0 heterocycles. The Morgan fingerprint density at radius 2 is 1.81 bits per heavy atom. The van der Waals surface area contributed by atoms with Crippen molar-refractivity contribution in [1.82, 2.24) is 5.32 Å². The van der Waals surface area contributed by atoms with Gasteiger partial charge in [-0.2, -0.15) is 0 Å². The van der Waals surface area contributed by atoms with Crippen LogP contribution in [0.1, 0.15) is 19.4 Å². The zero-order valence-electron chi connectivity index (χ0n) is 11.8. The molecule has 0 saturated carbocycles. The lowest BCUT2D eigenvalue weighted by molar-refractivity contribution is 0.467. The van der Waals surface area contributed by atoms with Gasteiger partial charge in [-0.3, -0.25) is 0 Å². The molecule has 0 aliphatic heterocycles. The molecule has 0 amide bonds. The monoisotopic (exact) mass is 327 g/mol. The van der Waals surface area contributed by atoms with Gasteiger partial charge in [0.1, 0.15) is 17.3 Å². The van der Waals surface area contributed by atoms with Crippen molar-refractivity contribution in [2.45, 2.75) is 26.4 Å². The first-order valence-corrected chi connectivity index (χ1v) is 7.36. The third-order valence-corrected chi connectivity index (χ3v) is 3.37. The molecule has 2 rings (SSSR count). The van der Waals surface area contributed by atoms with Crippen molar-refractivity contribution >= 4 is 23.2 Å². The normalized spacial score (nSPS) is 11.0. The van der Waals surface area contributed by atoms with Crippen molar-refractivity contribution in [3.63, 3.8) is 0 Å². The van der Waals surface area contributed by atoms with Gasteiger partial charge in [0.05, 0.1) is 5.02 Å². The maximum absolute atomic E-state index is 13.4. The highest BCUT2D eigenvalue weighted by atomic mass is 35.5. The highest BCUT2D eigenvalue weighted by Crippen LogP contribution is 2.33. The number of rotatable bonds is 5. The first-order chi connectivity index (χ1) is 9.95. The number of halogens is 3. The predicted molar refractivity (Wildman–Crippen MR) is 84.9 cm³/mol. The minimum absolute atomic E-state index is 0.292. The second-order valence-electron chi connectivity index (χ2n) is 4.96. The summed E-state index contributed by atoms with van der Waals surface area (Å²) >= 11 is 11.9. The van der Waals surface area contributed by atoms with Gasteiger partial charge in [0.25, 0.3) is 0 Å². The van der Waals surface area contributed by atoms with E-state index in [4.69, 9.17) is 27.9 Å². The Morgan fingerprint density at radius 1 is 1.10 bits per heavy atom. The Kier molecular flexibility index (Phi) is 5.45. The van der Waals surface area contributed by atoms with Gasteiger partial charge < -0.3 is 10.1 Å². The van der Waals surface area contributed by atoms with E-state index in [-0.39, 0.29) is 5.82 Å². The average Bonchev–Trinajstić information content (AvgIpc) is 2.41. The number of ether oxygens (including phenoxy) is 1. The van der Waals surface area contributed by atoms with Gasteiger partial charge in [-0.05, 0) is 36.4 Å². The van der Waals surface area contributed by atoms with Crippen LogP contribution in [0.2, 0.25) is 10.0 Å². The molecule has 0 bridgehead atoms. The van der Waals surface area contributed by atoms with Gasteiger partial charge in [-0.15, -0.1) is 0 Å². The molecule has 2 aromatic carbocycles. The van der Waals surface area contributed by atoms with Crippen molar-refractivity contribution < 1.29 is 9.13 Å². The smallest absolute Gasteiger partial charge is 0.146 e. The Hall–Kier alpha value is -1.29. The molecule has 0 atom stereocenters. The first-order valence-electron chi connectivity index (χ1n) is 6.60. The molecule has 0 aliphatic rings. The molecule has 0 fully saturated rings. The van der Waals surface area contributed by atoms with Crippen LogP contribution in [0, 0.1) is 5.82 Å². The molecule has 1 N–H and O–H groups in total. The molecule has 21 heavy (non-hydrogen) atoms. The van der Waals surface area contributed by atoms with E-state index in [0.29, 0.717) is 34.1 Å². The van der Waals surface area contributed by atoms with Crippen LogP contribution in [0.15, 0.2) is 36.4 Å². The highest BCUT2D eigenvalue weighted by Gasteiger charge is 2.10. The van der Waals surface area contributed by atoms with E-state index in [0.717, 1.165) is 5.56 Å². The molecule has 2 aromatic rings. The molecule has 0 spiro atoms. The summed E-state index contributed by atoms with van der Waals surface area (Å²) in [5.41, 5.74) is 0.731. The number of hydrogen-bond donors (Lipinski definition) is 1. The van der Waals surface area contributed by atoms with E-state index < -0.39 is 0 Å². The zero-order chi connectivity index (χ0) is 15.4. The minimum Gasteiger partial charge on any atom is -0.455 e. The summed E-state index contributed by atoms with van der Waals surface area (Å²) in [6, 6.07) is 9.68. The van der Waals surface area contributed by atoms with E-state index in [9.17, 15) is 4.39 Å². The fourth-order valence-corrected chi connectivity index (χ4v) is 2.22. The van der Waals surface area contributed by atoms with Crippen LogP contribution in [-0.4, -0.2) is 6.04 Å². The van der Waals surface area contributed by atoms with Crippen LogP contribution >= 0.6 is 23.2 Å². The summed E-state index contributed by atoms with van der Waals surface area (Å²) in [7, 11) is 0. The Bertz CT molecular complexity index is 632. The van der Waals surface area contributed by atoms with Crippen molar-refractivity contribution in [3.05, 3.63) is 57.8 Å². The van der Waals surface area contributed by atoms with Gasteiger partial charge in [-0.25, -0.2) is 4.39 Å². The van der Waals surface area contributed by atoms with Crippen molar-refractivity contribution in [2.24, 2.45) is 0 Å². The van der Waals surface area contributed by atoms with E-state index in [1.54, 1.807) is 24.3 Å². The summed E-state index contributed by atoms with van der Waals surface area (Å²) in [6.07, 6.45) is 0. The second-order valence-corrected chi connectivity index (χ2v) is 5.81. The molecular weight excluding hydrogens is 312 g/mol. The van der Waals surface area contributed by atoms with Crippen molar-refractivity contribution in [3.8, 4) is 11.5 Å². The van der Waals surface area contributed by atoms with Crippen LogP contribution in [-0.2, 0) is 6.54 Å². The largest absolute Gasteiger partial charge is 0.455 e. The van der Waals surface area contributed by atoms with E-state index in [1.165, 1.54) is 12.1 Å². The third-order valence-electron chi connectivity index (χ3n) is 2.84. The van der Waals surface area contributed by atoms with Crippen LogP contribution in [0.5, 0.6) is 11.5 Å². The molecule has 2 nitrogen and oxygen atoms in total. The summed E-state index contributed by atoms with van der Waals surface area (Å²) in [4.78, 5) is 0. The quantitative estimate of drug-likeness (QED) is 0.791. The van der Waals surface area contributed by atoms with Gasteiger partial charge in [0.2, 0.25) is 0 Å². The number of benzene rings is 2. The average molecular weight is 328 g/mol. The Labute approximate surface area is 133 Å². The SMILES string of the molecule is CC(C)NCc1cc(F)ccc1Oc1ccc(Cl)cc1Cl. The van der Waals surface area contributed by atoms with Gasteiger partial charge in [0, 0.05) is 23.2 Å². The zero-order valence-corrected chi connectivity index (χ0v) is 13.3. The molecule has 112 valence electrons. The summed E-state index contributed by atoms with van der Waals surface area (Å²) in [5.74, 6) is 0.748. The van der Waals surface area contributed by atoms with Crippen LogP contribution in [0.3, 0.4) is 0 Å².